The lowest BCUT2D eigenvalue weighted by Crippen LogP contribution is -2.09. The van der Waals surface area contributed by atoms with Gasteiger partial charge in [0.2, 0.25) is 0 Å². The first kappa shape index (κ1) is 15.3. The number of halogens is 1. The van der Waals surface area contributed by atoms with Crippen molar-refractivity contribution in [2.45, 2.75) is 26.8 Å². The van der Waals surface area contributed by atoms with Gasteiger partial charge in [-0.25, -0.2) is 4.98 Å². The molecule has 1 N–H and O–H groups in total. The van der Waals surface area contributed by atoms with Crippen molar-refractivity contribution in [2.24, 2.45) is 0 Å². The van der Waals surface area contributed by atoms with Crippen LogP contribution < -0.4 is 5.32 Å². The van der Waals surface area contributed by atoms with Gasteiger partial charge in [-0.05, 0) is 38.0 Å². The third-order valence-electron chi connectivity index (χ3n) is 3.40. The van der Waals surface area contributed by atoms with Gasteiger partial charge >= 0.3 is 0 Å². The molecule has 0 spiro atoms. The SMILES string of the molecule is Cc1ccc(C(C)Nc2c(C)ccnc2Cl)cc1[N+](=O)[O-]. The Labute approximate surface area is 128 Å². The summed E-state index contributed by atoms with van der Waals surface area (Å²) in [5.41, 5.74) is 3.31. The number of nitro benzene ring substituents is 1. The summed E-state index contributed by atoms with van der Waals surface area (Å²) in [6.45, 7) is 5.58. The molecule has 0 fully saturated rings. The van der Waals surface area contributed by atoms with Crippen LogP contribution in [0.25, 0.3) is 0 Å². The second-order valence-electron chi connectivity index (χ2n) is 4.96. The quantitative estimate of drug-likeness (QED) is 0.515. The molecule has 1 heterocycles. The van der Waals surface area contributed by atoms with Crippen LogP contribution in [0.2, 0.25) is 5.15 Å². The van der Waals surface area contributed by atoms with E-state index in [-0.39, 0.29) is 16.7 Å². The Morgan fingerprint density at radius 1 is 1.29 bits per heavy atom. The lowest BCUT2D eigenvalue weighted by molar-refractivity contribution is -0.385. The van der Waals surface area contributed by atoms with Crippen molar-refractivity contribution in [1.82, 2.24) is 4.98 Å². The first-order chi connectivity index (χ1) is 9.90. The van der Waals surface area contributed by atoms with E-state index in [1.807, 2.05) is 26.0 Å². The number of aromatic nitrogens is 1. The lowest BCUT2D eigenvalue weighted by Gasteiger charge is -2.18. The molecule has 0 aliphatic rings. The van der Waals surface area contributed by atoms with Crippen LogP contribution in [0.15, 0.2) is 30.5 Å². The van der Waals surface area contributed by atoms with Gasteiger partial charge < -0.3 is 5.32 Å². The van der Waals surface area contributed by atoms with Crippen molar-refractivity contribution in [1.29, 1.82) is 0 Å². The molecule has 0 bridgehead atoms. The molecule has 2 aromatic rings. The molecule has 1 aromatic carbocycles. The van der Waals surface area contributed by atoms with Crippen molar-refractivity contribution in [3.63, 3.8) is 0 Å². The Balaban J connectivity index is 2.31. The maximum atomic E-state index is 11.0. The van der Waals surface area contributed by atoms with E-state index in [1.165, 1.54) is 0 Å². The number of benzene rings is 1. The van der Waals surface area contributed by atoms with Crippen LogP contribution in [0.5, 0.6) is 0 Å². The van der Waals surface area contributed by atoms with Crippen LogP contribution in [0.1, 0.15) is 29.7 Å². The molecule has 0 saturated carbocycles. The average Bonchev–Trinajstić information content (AvgIpc) is 2.43. The van der Waals surface area contributed by atoms with Crippen molar-refractivity contribution < 1.29 is 4.92 Å². The van der Waals surface area contributed by atoms with Crippen LogP contribution in [0, 0.1) is 24.0 Å². The van der Waals surface area contributed by atoms with Gasteiger partial charge in [0.1, 0.15) is 0 Å². The average molecular weight is 306 g/mol. The smallest absolute Gasteiger partial charge is 0.272 e. The molecule has 1 aromatic heterocycles. The zero-order chi connectivity index (χ0) is 15.6. The molecule has 6 heteroatoms. The largest absolute Gasteiger partial charge is 0.376 e. The molecular weight excluding hydrogens is 290 g/mol. The summed E-state index contributed by atoms with van der Waals surface area (Å²) in [4.78, 5) is 14.7. The van der Waals surface area contributed by atoms with Crippen LogP contribution in [0.3, 0.4) is 0 Å². The van der Waals surface area contributed by atoms with E-state index in [2.05, 4.69) is 10.3 Å². The number of rotatable bonds is 4. The van der Waals surface area contributed by atoms with E-state index in [0.29, 0.717) is 10.7 Å². The maximum Gasteiger partial charge on any atom is 0.272 e. The molecule has 0 saturated heterocycles. The maximum absolute atomic E-state index is 11.0. The number of hydrogen-bond acceptors (Lipinski definition) is 4. The fourth-order valence-corrected chi connectivity index (χ4v) is 2.35. The van der Waals surface area contributed by atoms with Crippen molar-refractivity contribution in [2.75, 3.05) is 5.32 Å². The molecule has 0 radical (unpaired) electrons. The third-order valence-corrected chi connectivity index (χ3v) is 3.69. The second kappa shape index (κ2) is 6.10. The highest BCUT2D eigenvalue weighted by atomic mass is 35.5. The summed E-state index contributed by atoms with van der Waals surface area (Å²) in [5.74, 6) is 0. The van der Waals surface area contributed by atoms with Gasteiger partial charge in [-0.15, -0.1) is 0 Å². The number of hydrogen-bond donors (Lipinski definition) is 1. The Hall–Kier alpha value is -2.14. The summed E-state index contributed by atoms with van der Waals surface area (Å²) in [6.07, 6.45) is 1.64. The van der Waals surface area contributed by atoms with Crippen LogP contribution >= 0.6 is 11.6 Å². The van der Waals surface area contributed by atoms with E-state index < -0.39 is 0 Å². The zero-order valence-electron chi connectivity index (χ0n) is 12.1. The minimum absolute atomic E-state index is 0.121. The van der Waals surface area contributed by atoms with Gasteiger partial charge in [0.05, 0.1) is 10.6 Å². The number of pyridine rings is 1. The zero-order valence-corrected chi connectivity index (χ0v) is 12.8. The van der Waals surface area contributed by atoms with Crippen LogP contribution in [-0.2, 0) is 0 Å². The van der Waals surface area contributed by atoms with Gasteiger partial charge in [0.15, 0.2) is 5.15 Å². The second-order valence-corrected chi connectivity index (χ2v) is 5.32. The molecule has 21 heavy (non-hydrogen) atoms. The molecule has 5 nitrogen and oxygen atoms in total. The molecular formula is C15H16ClN3O2. The lowest BCUT2D eigenvalue weighted by atomic mass is 10.0. The molecule has 2 rings (SSSR count). The summed E-state index contributed by atoms with van der Waals surface area (Å²) < 4.78 is 0. The van der Waals surface area contributed by atoms with Crippen LogP contribution in [-0.4, -0.2) is 9.91 Å². The van der Waals surface area contributed by atoms with E-state index in [9.17, 15) is 10.1 Å². The van der Waals surface area contributed by atoms with Gasteiger partial charge in [0, 0.05) is 23.9 Å². The Kier molecular flexibility index (Phi) is 4.43. The molecule has 0 aliphatic heterocycles. The Morgan fingerprint density at radius 2 is 2.00 bits per heavy atom. The third kappa shape index (κ3) is 3.31. The number of nitrogens with zero attached hydrogens (tertiary/aromatic N) is 2. The molecule has 0 amide bonds. The van der Waals surface area contributed by atoms with E-state index in [4.69, 9.17) is 11.6 Å². The van der Waals surface area contributed by atoms with E-state index >= 15 is 0 Å². The summed E-state index contributed by atoms with van der Waals surface area (Å²) in [7, 11) is 0. The first-order valence-electron chi connectivity index (χ1n) is 6.52. The molecule has 0 aliphatic carbocycles. The topological polar surface area (TPSA) is 68.1 Å². The highest BCUT2D eigenvalue weighted by Crippen LogP contribution is 2.29. The number of nitrogens with one attached hydrogen (secondary N) is 1. The number of anilines is 1. The monoisotopic (exact) mass is 305 g/mol. The highest BCUT2D eigenvalue weighted by Gasteiger charge is 2.16. The molecule has 110 valence electrons. The minimum Gasteiger partial charge on any atom is -0.376 e. The predicted molar refractivity (Wildman–Crippen MR) is 83.9 cm³/mol. The molecule has 1 atom stereocenters. The number of nitro groups is 1. The summed E-state index contributed by atoms with van der Waals surface area (Å²) in [6, 6.07) is 6.96. The normalized spacial score (nSPS) is 12.0. The Bertz CT molecular complexity index is 668. The molecule has 1 unspecified atom stereocenters. The first-order valence-corrected chi connectivity index (χ1v) is 6.90. The van der Waals surface area contributed by atoms with Crippen molar-refractivity contribution in [3.05, 3.63) is 62.4 Å². The standard InChI is InChI=1S/C15H16ClN3O2/c1-9-4-5-12(8-13(9)19(20)21)11(3)18-14-10(2)6-7-17-15(14)16/h4-8,11,18H,1-3H3. The summed E-state index contributed by atoms with van der Waals surface area (Å²) >= 11 is 6.09. The number of aryl methyl sites for hydroxylation is 2. The van der Waals surface area contributed by atoms with Gasteiger partial charge in [-0.1, -0.05) is 23.7 Å². The Morgan fingerprint density at radius 3 is 2.62 bits per heavy atom. The highest BCUT2D eigenvalue weighted by molar-refractivity contribution is 6.32. The van der Waals surface area contributed by atoms with Crippen LogP contribution in [0.4, 0.5) is 11.4 Å². The van der Waals surface area contributed by atoms with Crippen molar-refractivity contribution in [3.8, 4) is 0 Å². The van der Waals surface area contributed by atoms with E-state index in [0.717, 1.165) is 16.8 Å². The van der Waals surface area contributed by atoms with Gasteiger partial charge in [-0.2, -0.15) is 0 Å². The van der Waals surface area contributed by atoms with Crippen molar-refractivity contribution >= 4 is 23.0 Å². The minimum atomic E-state index is -0.367. The predicted octanol–water partition coefficient (Wildman–Crippen LogP) is 4.43. The fourth-order valence-electron chi connectivity index (χ4n) is 2.09. The van der Waals surface area contributed by atoms with Gasteiger partial charge in [0.25, 0.3) is 5.69 Å². The van der Waals surface area contributed by atoms with Gasteiger partial charge in [-0.3, -0.25) is 10.1 Å². The summed E-state index contributed by atoms with van der Waals surface area (Å²) in [5, 5.41) is 14.7. The van der Waals surface area contributed by atoms with E-state index in [1.54, 1.807) is 25.3 Å². The fraction of sp³-hybridized carbons (Fsp3) is 0.267.